The van der Waals surface area contributed by atoms with Crippen LogP contribution in [0, 0.1) is 5.92 Å². The largest absolute Gasteiger partial charge is 0.393 e. The van der Waals surface area contributed by atoms with Crippen LogP contribution in [0.3, 0.4) is 0 Å². The van der Waals surface area contributed by atoms with Crippen LogP contribution in [0.4, 0.5) is 5.82 Å². The van der Waals surface area contributed by atoms with Crippen molar-refractivity contribution in [1.82, 2.24) is 30.6 Å². The van der Waals surface area contributed by atoms with Crippen molar-refractivity contribution in [1.29, 1.82) is 0 Å². The van der Waals surface area contributed by atoms with Crippen molar-refractivity contribution in [3.63, 3.8) is 0 Å². The van der Waals surface area contributed by atoms with Gasteiger partial charge >= 0.3 is 11.8 Å². The third-order valence-corrected chi connectivity index (χ3v) is 7.10. The first-order valence-electron chi connectivity index (χ1n) is 11.2. The molecule has 192 valence electrons. The van der Waals surface area contributed by atoms with Gasteiger partial charge in [0.05, 0.1) is 17.6 Å². The van der Waals surface area contributed by atoms with Crippen LogP contribution in [0.25, 0.3) is 0 Å². The van der Waals surface area contributed by atoms with Gasteiger partial charge in [-0.3, -0.25) is 19.2 Å². The van der Waals surface area contributed by atoms with E-state index in [1.165, 1.54) is 23.2 Å². The number of hydrogen-bond donors (Lipinski definition) is 3. The minimum atomic E-state index is -0.904. The van der Waals surface area contributed by atoms with Gasteiger partial charge in [-0.1, -0.05) is 22.9 Å². The average molecular weight is 536 g/mol. The number of pyridine rings is 1. The summed E-state index contributed by atoms with van der Waals surface area (Å²) in [5, 5.41) is 10.8. The first-order chi connectivity index (χ1) is 17.1. The fourth-order valence-electron chi connectivity index (χ4n) is 4.17. The number of thiazole rings is 1. The molecule has 1 saturated carbocycles. The summed E-state index contributed by atoms with van der Waals surface area (Å²) < 4.78 is 0. The van der Waals surface area contributed by atoms with E-state index in [0.29, 0.717) is 41.6 Å². The molecule has 4 rings (SSSR count). The van der Waals surface area contributed by atoms with Gasteiger partial charge in [-0.05, 0) is 31.4 Å². The number of anilines is 1. The molecule has 3 heterocycles. The number of carbonyl (C=O) groups is 4. The second-order valence-corrected chi connectivity index (χ2v) is 10.2. The molecule has 3 N–H and O–H groups in total. The Hall–Kier alpha value is -3.29. The molecule has 36 heavy (non-hydrogen) atoms. The molecule has 0 aromatic carbocycles. The van der Waals surface area contributed by atoms with E-state index in [-0.39, 0.29) is 22.7 Å². The van der Waals surface area contributed by atoms with Crippen molar-refractivity contribution < 1.29 is 24.0 Å². The number of hydroxylamine groups is 2. The zero-order chi connectivity index (χ0) is 26.0. The van der Waals surface area contributed by atoms with Gasteiger partial charge in [-0.25, -0.2) is 9.97 Å². The fraction of sp³-hybridized carbons (Fsp3) is 0.455. The highest BCUT2D eigenvalue weighted by Gasteiger charge is 2.38. The highest BCUT2D eigenvalue weighted by Crippen LogP contribution is 2.34. The van der Waals surface area contributed by atoms with E-state index in [4.69, 9.17) is 16.4 Å². The normalized spacial score (nSPS) is 21.2. The number of amides is 4. The molecule has 1 fully saturated rings. The maximum atomic E-state index is 13.0. The summed E-state index contributed by atoms with van der Waals surface area (Å²) in [4.78, 5) is 66.0. The second kappa shape index (κ2) is 10.8. The van der Waals surface area contributed by atoms with Gasteiger partial charge in [0.15, 0.2) is 5.01 Å². The van der Waals surface area contributed by atoms with Gasteiger partial charge in [0.25, 0.3) is 5.91 Å². The zero-order valence-corrected chi connectivity index (χ0v) is 21.5. The van der Waals surface area contributed by atoms with Crippen molar-refractivity contribution in [3.05, 3.63) is 34.1 Å². The minimum absolute atomic E-state index is 0.0600. The Kier molecular flexibility index (Phi) is 7.71. The third kappa shape index (κ3) is 5.91. The monoisotopic (exact) mass is 535 g/mol. The number of rotatable bonds is 5. The summed E-state index contributed by atoms with van der Waals surface area (Å²) in [6.45, 7) is 0.470. The van der Waals surface area contributed by atoms with Crippen molar-refractivity contribution in [3.8, 4) is 5.06 Å². The van der Waals surface area contributed by atoms with Crippen LogP contribution in [0.1, 0.15) is 34.8 Å². The van der Waals surface area contributed by atoms with Crippen LogP contribution in [0.2, 0.25) is 5.02 Å². The Morgan fingerprint density at radius 1 is 1.14 bits per heavy atom. The minimum Gasteiger partial charge on any atom is -0.393 e. The van der Waals surface area contributed by atoms with E-state index in [1.54, 1.807) is 26.2 Å². The average Bonchev–Trinajstić information content (AvgIpc) is 3.38. The van der Waals surface area contributed by atoms with Crippen LogP contribution in [-0.4, -0.2) is 76.8 Å². The number of nitrogens with zero attached hydrogens (tertiary/aromatic N) is 4. The summed E-state index contributed by atoms with van der Waals surface area (Å²) in [7, 11) is 5.12. The van der Waals surface area contributed by atoms with Crippen LogP contribution in [0.5, 0.6) is 5.06 Å². The molecule has 0 bridgehead atoms. The maximum absolute atomic E-state index is 13.0. The number of carbonyl (C=O) groups excluding carboxylic acids is 4. The topological polar surface area (TPSA) is 146 Å². The lowest BCUT2D eigenvalue weighted by Gasteiger charge is -2.37. The van der Waals surface area contributed by atoms with Crippen molar-refractivity contribution in [2.45, 2.75) is 37.9 Å². The quantitative estimate of drug-likeness (QED) is 0.481. The van der Waals surface area contributed by atoms with E-state index in [1.807, 2.05) is 0 Å². The van der Waals surface area contributed by atoms with Gasteiger partial charge in [0.2, 0.25) is 11.0 Å². The SMILES string of the molecule is CN1Cc2nc(C(=O)N[C@@H]3C[C@@H](C(=O)N(C)C)CC[C@@H]3NC(=O)C(=O)Nc3ccc(Cl)cn3)sc2O1. The van der Waals surface area contributed by atoms with Gasteiger partial charge < -0.3 is 25.7 Å². The lowest BCUT2D eigenvalue weighted by Crippen LogP contribution is -2.57. The number of aromatic nitrogens is 2. The number of hydrogen-bond acceptors (Lipinski definition) is 9. The van der Waals surface area contributed by atoms with E-state index in [2.05, 4.69) is 25.9 Å². The Balaban J connectivity index is 1.44. The standard InChI is InChI=1S/C22H26ClN7O5S/c1-29(2)21(34)11-4-6-13(25-17(31)18(32)28-16-7-5-12(23)9-24-16)14(8-11)26-19(33)20-27-15-10-30(3)35-22(15)36-20/h5,7,9,11,13-14H,4,6,8,10H2,1-3H3,(H,25,31)(H,26,33)(H,24,28,32)/t11-,13-,14+/m0/s1. The first kappa shape index (κ1) is 25.8. The van der Waals surface area contributed by atoms with Gasteiger partial charge in [0, 0.05) is 39.3 Å². The molecule has 1 aliphatic carbocycles. The first-order valence-corrected chi connectivity index (χ1v) is 12.4. The summed E-state index contributed by atoms with van der Waals surface area (Å²) in [6.07, 6.45) is 2.55. The number of fused-ring (bicyclic) bond motifs is 1. The molecule has 4 amide bonds. The van der Waals surface area contributed by atoms with Crippen LogP contribution >= 0.6 is 22.9 Å². The summed E-state index contributed by atoms with van der Waals surface area (Å²) >= 11 is 6.92. The Bertz CT molecular complexity index is 1150. The third-order valence-electron chi connectivity index (χ3n) is 5.92. The molecule has 0 saturated heterocycles. The molecule has 2 aromatic rings. The number of nitrogens with one attached hydrogen (secondary N) is 3. The van der Waals surface area contributed by atoms with Crippen molar-refractivity contribution in [2.75, 3.05) is 26.5 Å². The molecule has 0 spiro atoms. The lowest BCUT2D eigenvalue weighted by molar-refractivity contribution is -0.137. The zero-order valence-electron chi connectivity index (χ0n) is 19.9. The van der Waals surface area contributed by atoms with Gasteiger partial charge in [-0.15, -0.1) is 5.06 Å². The van der Waals surface area contributed by atoms with Crippen LogP contribution in [0.15, 0.2) is 18.3 Å². The molecule has 14 heteroatoms. The van der Waals surface area contributed by atoms with E-state index >= 15 is 0 Å². The van der Waals surface area contributed by atoms with Crippen molar-refractivity contribution >= 4 is 52.4 Å². The van der Waals surface area contributed by atoms with Gasteiger partial charge in [-0.2, -0.15) is 0 Å². The van der Waals surface area contributed by atoms with Gasteiger partial charge in [0.1, 0.15) is 11.5 Å². The van der Waals surface area contributed by atoms with Crippen LogP contribution in [-0.2, 0) is 20.9 Å². The molecule has 0 unspecified atom stereocenters. The van der Waals surface area contributed by atoms with E-state index in [0.717, 1.165) is 11.3 Å². The van der Waals surface area contributed by atoms with E-state index < -0.39 is 29.8 Å². The van der Waals surface area contributed by atoms with Crippen LogP contribution < -0.4 is 20.8 Å². The fourth-order valence-corrected chi connectivity index (χ4v) is 5.16. The molecule has 1 aliphatic heterocycles. The predicted octanol–water partition coefficient (Wildman–Crippen LogP) is 1.04. The molecule has 2 aliphatic rings. The summed E-state index contributed by atoms with van der Waals surface area (Å²) in [5.74, 6) is -2.43. The van der Waals surface area contributed by atoms with Crippen molar-refractivity contribution in [2.24, 2.45) is 5.92 Å². The predicted molar refractivity (Wildman–Crippen MR) is 131 cm³/mol. The second-order valence-electron chi connectivity index (χ2n) is 8.85. The smallest absolute Gasteiger partial charge is 0.314 e. The molecule has 3 atom stereocenters. The molecular weight excluding hydrogens is 510 g/mol. The van der Waals surface area contributed by atoms with E-state index in [9.17, 15) is 19.2 Å². The Morgan fingerprint density at radius 3 is 2.58 bits per heavy atom. The molecule has 12 nitrogen and oxygen atoms in total. The Morgan fingerprint density at radius 2 is 1.92 bits per heavy atom. The lowest BCUT2D eigenvalue weighted by atomic mass is 9.81. The molecule has 0 radical (unpaired) electrons. The molecular formula is C22H26ClN7O5S. The number of halogens is 1. The summed E-state index contributed by atoms with van der Waals surface area (Å²) in [5.41, 5.74) is 0.675. The highest BCUT2D eigenvalue weighted by molar-refractivity contribution is 7.15. The maximum Gasteiger partial charge on any atom is 0.314 e. The highest BCUT2D eigenvalue weighted by atomic mass is 35.5. The Labute approximate surface area is 216 Å². The summed E-state index contributed by atoms with van der Waals surface area (Å²) in [6, 6.07) is 1.86. The molecule has 2 aromatic heterocycles.